The first-order valence-corrected chi connectivity index (χ1v) is 11.6. The number of nitrogens with two attached hydrogens (primary N) is 1. The molecule has 13 heteroatoms. The van der Waals surface area contributed by atoms with E-state index in [0.29, 0.717) is 5.89 Å². The second-order valence-electron chi connectivity index (χ2n) is 8.60. The molecule has 0 saturated carbocycles. The number of oxazole rings is 1. The number of hydrogen-bond donors (Lipinski definition) is 2. The number of benzene rings is 1. The number of aliphatic imine (C=N–C) groups is 1. The van der Waals surface area contributed by atoms with Crippen LogP contribution in [0.4, 0.5) is 18.9 Å². The zero-order valence-electron chi connectivity index (χ0n) is 19.6. The lowest BCUT2D eigenvalue weighted by Gasteiger charge is -2.46. The van der Waals surface area contributed by atoms with Crippen molar-refractivity contribution >= 4 is 28.5 Å². The van der Waals surface area contributed by atoms with Crippen molar-refractivity contribution in [3.05, 3.63) is 65.8 Å². The van der Waals surface area contributed by atoms with Crippen molar-refractivity contribution < 1.29 is 27.1 Å². The van der Waals surface area contributed by atoms with Crippen molar-refractivity contribution in [1.82, 2.24) is 15.0 Å². The smallest absolute Gasteiger partial charge is 0.275 e. The van der Waals surface area contributed by atoms with E-state index in [1.54, 1.807) is 20.8 Å². The van der Waals surface area contributed by atoms with E-state index < -0.39 is 40.4 Å². The van der Waals surface area contributed by atoms with Gasteiger partial charge in [0.05, 0.1) is 28.9 Å². The summed E-state index contributed by atoms with van der Waals surface area (Å²) in [6.45, 7) is 4.19. The van der Waals surface area contributed by atoms with Crippen molar-refractivity contribution in [2.75, 3.05) is 12.0 Å². The number of carbonyl (C=O) groups is 1. The predicted molar refractivity (Wildman–Crippen MR) is 127 cm³/mol. The van der Waals surface area contributed by atoms with Crippen LogP contribution in [0, 0.1) is 17.6 Å². The van der Waals surface area contributed by atoms with E-state index in [-0.39, 0.29) is 34.6 Å². The maximum atomic E-state index is 15.0. The highest BCUT2D eigenvalue weighted by Gasteiger charge is 2.50. The van der Waals surface area contributed by atoms with Gasteiger partial charge in [0.1, 0.15) is 18.6 Å². The SMILES string of the molecule is C[C@@H]1[C@@](C)(CF)SC(N)=N[C@]1(C)c1cc(NC(=O)c2cnc(OCc3ncco3)cn2)cc(F)c1F. The van der Waals surface area contributed by atoms with Crippen LogP contribution >= 0.6 is 11.8 Å². The average Bonchev–Trinajstić information content (AvgIpc) is 3.37. The number of anilines is 1. The number of amides is 1. The Hall–Kier alpha value is -3.61. The second kappa shape index (κ2) is 9.80. The molecule has 9 nitrogen and oxygen atoms in total. The fourth-order valence-corrected chi connectivity index (χ4v) is 5.07. The van der Waals surface area contributed by atoms with E-state index in [9.17, 15) is 13.6 Å². The number of nitrogens with one attached hydrogen (secondary N) is 1. The van der Waals surface area contributed by atoms with E-state index in [0.717, 1.165) is 17.8 Å². The highest BCUT2D eigenvalue weighted by atomic mass is 32.2. The zero-order valence-corrected chi connectivity index (χ0v) is 20.4. The molecule has 1 aliphatic rings. The van der Waals surface area contributed by atoms with Gasteiger partial charge in [-0.3, -0.25) is 9.79 Å². The summed E-state index contributed by atoms with van der Waals surface area (Å²) in [5.74, 6) is -3.17. The van der Waals surface area contributed by atoms with E-state index >= 15 is 4.39 Å². The maximum Gasteiger partial charge on any atom is 0.275 e. The molecule has 0 saturated heterocycles. The molecule has 0 radical (unpaired) electrons. The number of rotatable bonds is 7. The predicted octanol–water partition coefficient (Wildman–Crippen LogP) is 4.22. The summed E-state index contributed by atoms with van der Waals surface area (Å²) >= 11 is 1.05. The molecule has 3 aromatic rings. The van der Waals surface area contributed by atoms with Gasteiger partial charge in [-0.15, -0.1) is 0 Å². The lowest BCUT2D eigenvalue weighted by Crippen LogP contribution is -2.49. The molecule has 1 aliphatic heterocycles. The molecule has 4 rings (SSSR count). The molecule has 3 atom stereocenters. The number of thioether (sulfide) groups is 1. The van der Waals surface area contributed by atoms with Gasteiger partial charge >= 0.3 is 0 Å². The van der Waals surface area contributed by atoms with Crippen LogP contribution in [0.5, 0.6) is 5.88 Å². The molecule has 0 fully saturated rings. The standard InChI is InChI=1S/C23H23F3N6O3S/c1-12-22(2,11-24)36-21(27)32-23(12,3)14-6-13(7-15(25)19(14)26)31-20(33)16-8-30-17(9-29-16)35-10-18-28-4-5-34-18/h4-9,12H,10-11H2,1-3H3,(H2,27,32)(H,31,33)/t12-,22-,23+/m1/s1. The summed E-state index contributed by atoms with van der Waals surface area (Å²) in [5.41, 5.74) is 4.26. The van der Waals surface area contributed by atoms with Gasteiger partial charge in [0, 0.05) is 23.2 Å². The van der Waals surface area contributed by atoms with Crippen LogP contribution in [0.25, 0.3) is 0 Å². The summed E-state index contributed by atoms with van der Waals surface area (Å²) < 4.78 is 53.0. The molecule has 3 N–H and O–H groups in total. The third kappa shape index (κ3) is 4.87. The first-order chi connectivity index (χ1) is 17.1. The van der Waals surface area contributed by atoms with Gasteiger partial charge in [0.25, 0.3) is 5.91 Å². The molecule has 1 aromatic carbocycles. The summed E-state index contributed by atoms with van der Waals surface area (Å²) in [6, 6.07) is 2.10. The minimum atomic E-state index is -1.39. The highest BCUT2D eigenvalue weighted by molar-refractivity contribution is 8.15. The number of halogens is 3. The largest absolute Gasteiger partial charge is 0.467 e. The molecule has 2 aromatic heterocycles. The monoisotopic (exact) mass is 520 g/mol. The van der Waals surface area contributed by atoms with Crippen LogP contribution in [0.1, 0.15) is 42.7 Å². The van der Waals surface area contributed by atoms with Crippen molar-refractivity contribution in [2.24, 2.45) is 16.6 Å². The Kier molecular flexibility index (Phi) is 6.94. The van der Waals surface area contributed by atoms with Gasteiger partial charge in [-0.2, -0.15) is 0 Å². The molecular weight excluding hydrogens is 497 g/mol. The molecule has 36 heavy (non-hydrogen) atoms. The number of alkyl halides is 1. The van der Waals surface area contributed by atoms with Gasteiger partial charge in [-0.05, 0) is 19.9 Å². The topological polar surface area (TPSA) is 129 Å². The van der Waals surface area contributed by atoms with E-state index in [1.807, 2.05) is 0 Å². The Morgan fingerprint density at radius 2 is 2.03 bits per heavy atom. The fraction of sp³-hybridized carbons (Fsp3) is 0.348. The molecule has 0 unspecified atom stereocenters. The van der Waals surface area contributed by atoms with Crippen LogP contribution in [-0.4, -0.2) is 37.4 Å². The fourth-order valence-electron chi connectivity index (χ4n) is 3.90. The quantitative estimate of drug-likeness (QED) is 0.474. The maximum absolute atomic E-state index is 15.0. The Bertz CT molecular complexity index is 1290. The number of carbonyl (C=O) groups excluding carboxylic acids is 1. The van der Waals surface area contributed by atoms with E-state index in [2.05, 4.69) is 25.3 Å². The first-order valence-electron chi connectivity index (χ1n) is 10.8. The summed E-state index contributed by atoms with van der Waals surface area (Å²) in [6.07, 6.45) is 5.26. The molecule has 0 bridgehead atoms. The zero-order chi connectivity index (χ0) is 26.1. The minimum absolute atomic E-state index is 0.0228. The minimum Gasteiger partial charge on any atom is -0.467 e. The van der Waals surface area contributed by atoms with Crippen molar-refractivity contribution in [3.8, 4) is 5.88 Å². The Labute approximate surface area is 208 Å². The van der Waals surface area contributed by atoms with Crippen molar-refractivity contribution in [3.63, 3.8) is 0 Å². The second-order valence-corrected chi connectivity index (χ2v) is 10.2. The number of nitrogens with zero attached hydrogens (tertiary/aromatic N) is 4. The highest BCUT2D eigenvalue weighted by Crippen LogP contribution is 2.50. The average molecular weight is 521 g/mol. The molecule has 0 spiro atoms. The summed E-state index contributed by atoms with van der Waals surface area (Å²) in [5, 5.41) is 2.55. The van der Waals surface area contributed by atoms with Gasteiger partial charge in [0.15, 0.2) is 23.4 Å². The molecule has 1 amide bonds. The van der Waals surface area contributed by atoms with Crippen LogP contribution < -0.4 is 15.8 Å². The van der Waals surface area contributed by atoms with Gasteiger partial charge in [0.2, 0.25) is 11.8 Å². The summed E-state index contributed by atoms with van der Waals surface area (Å²) in [4.78, 5) is 29.0. The van der Waals surface area contributed by atoms with Gasteiger partial charge in [-0.25, -0.2) is 28.1 Å². The first kappa shape index (κ1) is 25.5. The summed E-state index contributed by atoms with van der Waals surface area (Å²) in [7, 11) is 0. The Morgan fingerprint density at radius 3 is 2.67 bits per heavy atom. The van der Waals surface area contributed by atoms with Gasteiger partial charge < -0.3 is 20.2 Å². The van der Waals surface area contributed by atoms with E-state index in [1.165, 1.54) is 30.9 Å². The normalized spacial score (nSPS) is 23.7. The number of amidine groups is 1. The Balaban J connectivity index is 1.56. The van der Waals surface area contributed by atoms with Crippen LogP contribution in [0.3, 0.4) is 0 Å². The van der Waals surface area contributed by atoms with Gasteiger partial charge in [-0.1, -0.05) is 18.7 Å². The lowest BCUT2D eigenvalue weighted by atomic mass is 9.74. The lowest BCUT2D eigenvalue weighted by molar-refractivity contribution is 0.102. The third-order valence-corrected chi connectivity index (χ3v) is 7.45. The van der Waals surface area contributed by atoms with Crippen LogP contribution in [0.2, 0.25) is 0 Å². The molecule has 0 aliphatic carbocycles. The molecular formula is C23H23F3N6O3S. The number of hydrogen-bond acceptors (Lipinski definition) is 9. The molecule has 3 heterocycles. The third-order valence-electron chi connectivity index (χ3n) is 6.22. The van der Waals surface area contributed by atoms with Crippen molar-refractivity contribution in [1.29, 1.82) is 0 Å². The Morgan fingerprint density at radius 1 is 1.25 bits per heavy atom. The number of aromatic nitrogens is 3. The van der Waals surface area contributed by atoms with Crippen molar-refractivity contribution in [2.45, 2.75) is 37.7 Å². The van der Waals surface area contributed by atoms with Crippen LogP contribution in [-0.2, 0) is 12.1 Å². The molecule has 190 valence electrons. The van der Waals surface area contributed by atoms with Crippen LogP contribution in [0.15, 0.2) is 46.4 Å². The number of ether oxygens (including phenoxy) is 1. The van der Waals surface area contributed by atoms with E-state index in [4.69, 9.17) is 14.9 Å².